The minimum Gasteiger partial charge on any atom is -0.494 e. The SMILES string of the molecule is COc1cccc2c1[nH]c(=S)n2CCC1CCC(C)CC1. The second-order valence-electron chi connectivity index (χ2n) is 6.35. The van der Waals surface area contributed by atoms with Crippen LogP contribution in [0.3, 0.4) is 0 Å². The third kappa shape index (κ3) is 3.00. The average molecular weight is 304 g/mol. The lowest BCUT2D eigenvalue weighted by molar-refractivity contribution is 0.269. The zero-order valence-electron chi connectivity index (χ0n) is 12.9. The molecule has 0 amide bonds. The molecule has 1 N–H and O–H groups in total. The van der Waals surface area contributed by atoms with Crippen LogP contribution >= 0.6 is 12.2 Å². The third-order valence-corrected chi connectivity index (χ3v) is 5.21. The van der Waals surface area contributed by atoms with E-state index >= 15 is 0 Å². The number of ether oxygens (including phenoxy) is 1. The summed E-state index contributed by atoms with van der Waals surface area (Å²) in [5.74, 6) is 2.64. The largest absolute Gasteiger partial charge is 0.494 e. The number of H-pyrrole nitrogens is 1. The molecule has 0 unspecified atom stereocenters. The average Bonchev–Trinajstić information content (AvgIpc) is 2.82. The minimum absolute atomic E-state index is 0.804. The molecule has 114 valence electrons. The fraction of sp³-hybridized carbons (Fsp3) is 0.588. The molecular formula is C17H24N2OS. The highest BCUT2D eigenvalue weighted by Crippen LogP contribution is 2.31. The number of benzene rings is 1. The summed E-state index contributed by atoms with van der Waals surface area (Å²) in [4.78, 5) is 3.29. The van der Waals surface area contributed by atoms with Crippen LogP contribution < -0.4 is 4.74 Å². The highest BCUT2D eigenvalue weighted by atomic mass is 32.1. The number of nitrogens with zero attached hydrogens (tertiary/aromatic N) is 1. The summed E-state index contributed by atoms with van der Waals surface area (Å²) in [5.41, 5.74) is 2.17. The van der Waals surface area contributed by atoms with E-state index in [4.69, 9.17) is 17.0 Å². The van der Waals surface area contributed by atoms with E-state index in [2.05, 4.69) is 22.5 Å². The molecule has 0 saturated heterocycles. The minimum atomic E-state index is 0.804. The van der Waals surface area contributed by atoms with Crippen molar-refractivity contribution in [2.45, 2.75) is 45.6 Å². The molecule has 1 aliphatic rings. The van der Waals surface area contributed by atoms with Crippen molar-refractivity contribution >= 4 is 23.3 Å². The van der Waals surface area contributed by atoms with Crippen LogP contribution in [0.2, 0.25) is 0 Å². The molecule has 1 saturated carbocycles. The molecular weight excluding hydrogens is 280 g/mol. The summed E-state index contributed by atoms with van der Waals surface area (Å²) in [7, 11) is 1.70. The zero-order valence-corrected chi connectivity index (χ0v) is 13.7. The fourth-order valence-corrected chi connectivity index (χ4v) is 3.77. The number of nitrogens with one attached hydrogen (secondary N) is 1. The van der Waals surface area contributed by atoms with Crippen LogP contribution in [0, 0.1) is 16.6 Å². The van der Waals surface area contributed by atoms with Crippen LogP contribution in [-0.4, -0.2) is 16.7 Å². The molecule has 4 heteroatoms. The maximum atomic E-state index is 5.50. The number of para-hydroxylation sites is 1. The van der Waals surface area contributed by atoms with Crippen molar-refractivity contribution in [3.05, 3.63) is 23.0 Å². The van der Waals surface area contributed by atoms with E-state index in [1.807, 2.05) is 12.1 Å². The topological polar surface area (TPSA) is 29.9 Å². The van der Waals surface area contributed by atoms with Gasteiger partial charge in [0.15, 0.2) is 4.77 Å². The van der Waals surface area contributed by atoms with Gasteiger partial charge in [0.25, 0.3) is 0 Å². The van der Waals surface area contributed by atoms with Crippen molar-refractivity contribution in [3.63, 3.8) is 0 Å². The molecule has 3 nitrogen and oxygen atoms in total. The summed E-state index contributed by atoms with van der Waals surface area (Å²) in [6.45, 7) is 3.38. The summed E-state index contributed by atoms with van der Waals surface area (Å²) >= 11 is 5.50. The van der Waals surface area contributed by atoms with E-state index < -0.39 is 0 Å². The number of aromatic amines is 1. The highest BCUT2D eigenvalue weighted by Gasteiger charge is 2.18. The number of methoxy groups -OCH3 is 1. The standard InChI is InChI=1S/C17H24N2OS/c1-12-6-8-13(9-7-12)10-11-19-14-4-3-5-15(20-2)16(14)18-17(19)21/h3-5,12-13H,6-11H2,1-2H3,(H,18,21). The van der Waals surface area contributed by atoms with Gasteiger partial charge >= 0.3 is 0 Å². The summed E-state index contributed by atoms with van der Waals surface area (Å²) in [6, 6.07) is 6.12. The molecule has 0 radical (unpaired) electrons. The quantitative estimate of drug-likeness (QED) is 0.812. The third-order valence-electron chi connectivity index (χ3n) is 4.89. The monoisotopic (exact) mass is 304 g/mol. The molecule has 1 heterocycles. The first-order valence-electron chi connectivity index (χ1n) is 7.94. The summed E-state index contributed by atoms with van der Waals surface area (Å²) < 4.78 is 8.44. The number of aromatic nitrogens is 2. The van der Waals surface area contributed by atoms with Gasteiger partial charge in [0, 0.05) is 6.54 Å². The Kier molecular flexibility index (Phi) is 4.34. The molecule has 0 bridgehead atoms. The van der Waals surface area contributed by atoms with Crippen molar-refractivity contribution in [2.24, 2.45) is 11.8 Å². The predicted molar refractivity (Wildman–Crippen MR) is 89.4 cm³/mol. The molecule has 1 aliphatic carbocycles. The van der Waals surface area contributed by atoms with Crippen LogP contribution in [0.15, 0.2) is 18.2 Å². The number of imidazole rings is 1. The number of hydrogen-bond acceptors (Lipinski definition) is 2. The van der Waals surface area contributed by atoms with Crippen molar-refractivity contribution in [1.29, 1.82) is 0 Å². The Bertz CT molecular complexity index is 665. The number of rotatable bonds is 4. The first-order chi connectivity index (χ1) is 10.2. The molecule has 21 heavy (non-hydrogen) atoms. The smallest absolute Gasteiger partial charge is 0.178 e. The normalized spacial score (nSPS) is 22.6. The molecule has 0 atom stereocenters. The van der Waals surface area contributed by atoms with Crippen LogP contribution in [0.1, 0.15) is 39.0 Å². The van der Waals surface area contributed by atoms with E-state index in [1.165, 1.54) is 32.1 Å². The van der Waals surface area contributed by atoms with Gasteiger partial charge in [-0.1, -0.05) is 38.7 Å². The van der Waals surface area contributed by atoms with E-state index in [0.29, 0.717) is 0 Å². The second kappa shape index (κ2) is 6.22. The first kappa shape index (κ1) is 14.6. The maximum Gasteiger partial charge on any atom is 0.178 e. The summed E-state index contributed by atoms with van der Waals surface area (Å²) in [5, 5.41) is 0. The molecule has 1 fully saturated rings. The Balaban J connectivity index is 1.78. The van der Waals surface area contributed by atoms with Crippen LogP contribution in [0.25, 0.3) is 11.0 Å². The second-order valence-corrected chi connectivity index (χ2v) is 6.74. The molecule has 1 aromatic heterocycles. The van der Waals surface area contributed by atoms with Crippen LogP contribution in [0.5, 0.6) is 5.75 Å². The lowest BCUT2D eigenvalue weighted by Gasteiger charge is -2.26. The van der Waals surface area contributed by atoms with Gasteiger partial charge in [-0.3, -0.25) is 0 Å². The Morgan fingerprint density at radius 1 is 1.29 bits per heavy atom. The lowest BCUT2D eigenvalue weighted by Crippen LogP contribution is -2.14. The molecule has 1 aromatic carbocycles. The van der Waals surface area contributed by atoms with Crippen molar-refractivity contribution < 1.29 is 4.74 Å². The fourth-order valence-electron chi connectivity index (χ4n) is 3.48. The Hall–Kier alpha value is -1.29. The van der Waals surface area contributed by atoms with Gasteiger partial charge in [-0.05, 0) is 42.6 Å². The molecule has 0 spiro atoms. The van der Waals surface area contributed by atoms with E-state index in [9.17, 15) is 0 Å². The van der Waals surface area contributed by atoms with Gasteiger partial charge < -0.3 is 14.3 Å². The van der Waals surface area contributed by atoms with E-state index in [0.717, 1.165) is 39.9 Å². The predicted octanol–water partition coefficient (Wildman–Crippen LogP) is 4.92. The van der Waals surface area contributed by atoms with Gasteiger partial charge in [-0.15, -0.1) is 0 Å². The highest BCUT2D eigenvalue weighted by molar-refractivity contribution is 7.71. The number of aryl methyl sites for hydroxylation is 1. The zero-order chi connectivity index (χ0) is 14.8. The van der Waals surface area contributed by atoms with Gasteiger partial charge in [0.1, 0.15) is 11.3 Å². The van der Waals surface area contributed by atoms with Gasteiger partial charge in [-0.25, -0.2) is 0 Å². The molecule has 0 aliphatic heterocycles. The van der Waals surface area contributed by atoms with Crippen molar-refractivity contribution in [1.82, 2.24) is 9.55 Å². The lowest BCUT2D eigenvalue weighted by atomic mass is 9.81. The van der Waals surface area contributed by atoms with Gasteiger partial charge in [0.2, 0.25) is 0 Å². The Morgan fingerprint density at radius 3 is 2.76 bits per heavy atom. The van der Waals surface area contributed by atoms with E-state index in [1.54, 1.807) is 7.11 Å². The van der Waals surface area contributed by atoms with Gasteiger partial charge in [-0.2, -0.15) is 0 Å². The van der Waals surface area contributed by atoms with Crippen LogP contribution in [-0.2, 0) is 6.54 Å². The van der Waals surface area contributed by atoms with Crippen molar-refractivity contribution in [2.75, 3.05) is 7.11 Å². The Morgan fingerprint density at radius 2 is 2.05 bits per heavy atom. The van der Waals surface area contributed by atoms with E-state index in [-0.39, 0.29) is 0 Å². The molecule has 3 rings (SSSR count). The Labute approximate surface area is 131 Å². The molecule has 2 aromatic rings. The van der Waals surface area contributed by atoms with Crippen molar-refractivity contribution in [3.8, 4) is 5.75 Å². The summed E-state index contributed by atoms with van der Waals surface area (Å²) in [6.07, 6.45) is 6.75. The first-order valence-corrected chi connectivity index (χ1v) is 8.35. The van der Waals surface area contributed by atoms with Gasteiger partial charge in [0.05, 0.1) is 12.6 Å². The van der Waals surface area contributed by atoms with Crippen LogP contribution in [0.4, 0.5) is 0 Å². The number of hydrogen-bond donors (Lipinski definition) is 1. The maximum absolute atomic E-state index is 5.50. The number of fused-ring (bicyclic) bond motifs is 1.